The molecule has 0 fully saturated rings. The molecule has 1 unspecified atom stereocenters. The van der Waals surface area contributed by atoms with Crippen LogP contribution in [0.4, 0.5) is 0 Å². The summed E-state index contributed by atoms with van der Waals surface area (Å²) in [6, 6.07) is 0. The van der Waals surface area contributed by atoms with Crippen LogP contribution in [0.1, 0.15) is 0 Å². The predicted molar refractivity (Wildman–Crippen MR) is 29.9 cm³/mol. The molecule has 0 spiro atoms. The molecule has 0 nitrogen and oxygen atoms in total. The second kappa shape index (κ2) is 2.12. The molecule has 0 aliphatic carbocycles. The van der Waals surface area contributed by atoms with Crippen molar-refractivity contribution in [1.29, 1.82) is 0 Å². The highest BCUT2D eigenvalue weighted by molar-refractivity contribution is 8.12. The Morgan fingerprint density at radius 1 is 1.50 bits per heavy atom. The number of rotatable bonds is 0. The molecule has 0 radical (unpaired) electrons. The minimum absolute atomic E-state index is 0.0370. The van der Waals surface area contributed by atoms with E-state index in [-0.39, 0.29) is 7.61 Å². The molecule has 0 saturated heterocycles. The van der Waals surface area contributed by atoms with Gasteiger partial charge in [0.15, 0.2) is 0 Å². The summed E-state index contributed by atoms with van der Waals surface area (Å²) in [6.07, 6.45) is 0. The lowest BCUT2D eigenvalue weighted by molar-refractivity contribution is 2.30. The molecule has 0 saturated carbocycles. The van der Waals surface area contributed by atoms with E-state index in [1.807, 2.05) is 0 Å². The van der Waals surface area contributed by atoms with Crippen LogP contribution in [0.25, 0.3) is 0 Å². The van der Waals surface area contributed by atoms with Crippen LogP contribution in [0, 0.1) is 0 Å². The van der Waals surface area contributed by atoms with Gasteiger partial charge in [-0.1, -0.05) is 0 Å². The fraction of sp³-hybridized carbons (Fsp3) is 1.00. The van der Waals surface area contributed by atoms with E-state index in [1.54, 1.807) is 0 Å². The fourth-order valence-electron chi connectivity index (χ4n) is 0. The molecule has 0 aromatic rings. The van der Waals surface area contributed by atoms with E-state index in [0.29, 0.717) is 0 Å². The zero-order valence-corrected chi connectivity index (χ0v) is 5.23. The molecule has 0 rings (SSSR count). The zero-order chi connectivity index (χ0) is 3.58. The Hall–Kier alpha value is 0.860. The van der Waals surface area contributed by atoms with Crippen molar-refractivity contribution in [3.8, 4) is 0 Å². The normalized spacial score (nSPS) is 9.00. The Labute approximate surface area is 30.8 Å². The van der Waals surface area contributed by atoms with Crippen molar-refractivity contribution in [2.75, 3.05) is 13.3 Å². The lowest BCUT2D eigenvalue weighted by atomic mass is 11.9. The summed E-state index contributed by atoms with van der Waals surface area (Å²) in [5.41, 5.74) is 0. The quantitative estimate of drug-likeness (QED) is 0.397. The first-order valence-corrected chi connectivity index (χ1v) is 5.60. The van der Waals surface area contributed by atoms with E-state index in [9.17, 15) is 0 Å². The molecule has 0 heterocycles. The van der Waals surface area contributed by atoms with E-state index in [1.165, 1.54) is 0 Å². The van der Waals surface area contributed by atoms with Crippen molar-refractivity contribution in [2.45, 2.75) is 0 Å². The van der Waals surface area contributed by atoms with Gasteiger partial charge in [-0.15, -0.1) is 0 Å². The summed E-state index contributed by atoms with van der Waals surface area (Å²) >= 11 is 0. The van der Waals surface area contributed by atoms with Crippen LogP contribution in [-0.4, -0.2) is 13.3 Å². The molecule has 26 valence electrons. The van der Waals surface area contributed by atoms with Gasteiger partial charge in [-0.2, -0.15) is 0 Å². The van der Waals surface area contributed by atoms with Gasteiger partial charge in [0.05, 0.1) is 0 Å². The van der Waals surface area contributed by atoms with Crippen molar-refractivity contribution < 1.29 is 0 Å². The Morgan fingerprint density at radius 3 is 1.50 bits per heavy atom. The highest BCUT2D eigenvalue weighted by Crippen LogP contribution is 2.33. The molecule has 0 aliphatic heterocycles. The summed E-state index contributed by atoms with van der Waals surface area (Å²) in [5.74, 6) is 0. The first-order valence-electron chi connectivity index (χ1n) is 1.29. The summed E-state index contributed by atoms with van der Waals surface area (Å²) in [7, 11) is 2.80. The van der Waals surface area contributed by atoms with Gasteiger partial charge in [-0.3, -0.25) is 0 Å². The van der Waals surface area contributed by atoms with Gasteiger partial charge in [0.25, 0.3) is 0 Å². The molecular weight excluding hydrogens is 86.0 g/mol. The molecule has 2 heteroatoms. The monoisotopic (exact) mass is 95.0 g/mol. The Morgan fingerprint density at radius 2 is 1.50 bits per heavy atom. The molecule has 0 aliphatic rings. The van der Waals surface area contributed by atoms with Crippen LogP contribution in [0.2, 0.25) is 0 Å². The maximum atomic E-state index is 2.76. The largest absolute Gasteiger partial charge is 0.0481 e. The standard InChI is InChI=1S/C2H8P2/c1-4(2)3/h3H2,1-2H3/p+1. The van der Waals surface area contributed by atoms with Crippen LogP contribution in [0.3, 0.4) is 0 Å². The van der Waals surface area contributed by atoms with E-state index < -0.39 is 0 Å². The van der Waals surface area contributed by atoms with E-state index in [4.69, 9.17) is 0 Å². The van der Waals surface area contributed by atoms with Crippen LogP contribution >= 0.6 is 16.5 Å². The molecule has 0 bridgehead atoms. The predicted octanol–water partition coefficient (Wildman–Crippen LogP) is 1.25. The summed E-state index contributed by atoms with van der Waals surface area (Å²) in [5, 5.41) is 0. The molecule has 0 aromatic heterocycles. The average molecular weight is 95.0 g/mol. The Balaban J connectivity index is 2.32. The first-order chi connectivity index (χ1) is 1.73. The topological polar surface area (TPSA) is 0 Å². The number of hydrogen-bond donors (Lipinski definition) is 0. The molecule has 4 heavy (non-hydrogen) atoms. The van der Waals surface area contributed by atoms with Gasteiger partial charge in [0.2, 0.25) is 0 Å². The molecule has 1 atom stereocenters. The second-order valence-electron chi connectivity index (χ2n) is 1.08. The van der Waals surface area contributed by atoms with Crippen molar-refractivity contribution >= 4 is 16.5 Å². The van der Waals surface area contributed by atoms with E-state index in [0.717, 1.165) is 0 Å². The molecule has 0 amide bonds. The minimum Gasteiger partial charge on any atom is 0.00758 e. The van der Waals surface area contributed by atoms with Crippen molar-refractivity contribution in [2.24, 2.45) is 0 Å². The van der Waals surface area contributed by atoms with Crippen LogP contribution in [0.15, 0.2) is 0 Å². The van der Waals surface area contributed by atoms with Gasteiger partial charge < -0.3 is 0 Å². The smallest absolute Gasteiger partial charge is 0.00758 e. The van der Waals surface area contributed by atoms with Crippen LogP contribution < -0.4 is 0 Å². The van der Waals surface area contributed by atoms with Crippen LogP contribution in [-0.2, 0) is 0 Å². The third-order valence-electron chi connectivity index (χ3n) is 0. The zero-order valence-electron chi connectivity index (χ0n) is 3.08. The van der Waals surface area contributed by atoms with Crippen molar-refractivity contribution in [1.82, 2.24) is 0 Å². The lowest BCUT2D eigenvalue weighted by Gasteiger charge is -1.71. The Bertz CT molecular complexity index is 8.75. The highest BCUT2D eigenvalue weighted by atomic mass is 32.0. The van der Waals surface area contributed by atoms with Crippen LogP contribution in [0.5, 0.6) is 0 Å². The summed E-state index contributed by atoms with van der Waals surface area (Å²) in [4.78, 5) is 0. The fourth-order valence-corrected chi connectivity index (χ4v) is 0. The minimum atomic E-state index is 0.0370. The first kappa shape index (κ1) is 4.86. The molecule has 0 N–H and O–H groups in total. The highest BCUT2D eigenvalue weighted by Gasteiger charge is 1.76. The van der Waals surface area contributed by atoms with Gasteiger partial charge >= 0.3 is 0 Å². The van der Waals surface area contributed by atoms with Gasteiger partial charge in [0, 0.05) is 29.9 Å². The van der Waals surface area contributed by atoms with E-state index in [2.05, 4.69) is 22.3 Å². The lowest BCUT2D eigenvalue weighted by Crippen LogP contribution is -1.34. The van der Waals surface area contributed by atoms with Crippen molar-refractivity contribution in [3.05, 3.63) is 0 Å². The second-order valence-corrected chi connectivity index (χ2v) is 6.70. The third-order valence-corrected chi connectivity index (χ3v) is 0. The van der Waals surface area contributed by atoms with Gasteiger partial charge in [-0.25, -0.2) is 0 Å². The average Bonchev–Trinajstić information content (AvgIpc) is 0.811. The SMILES string of the molecule is C[PH+](C)P. The summed E-state index contributed by atoms with van der Waals surface area (Å²) in [6.45, 7) is 4.46. The third kappa shape index (κ3) is 13.4. The molecular formula is C2H9P2+. The van der Waals surface area contributed by atoms with Gasteiger partial charge in [-0.05, 0) is 0 Å². The van der Waals surface area contributed by atoms with E-state index >= 15 is 0 Å². The summed E-state index contributed by atoms with van der Waals surface area (Å²) < 4.78 is 0. The Kier molecular flexibility index (Phi) is 2.57. The number of hydrogen-bond acceptors (Lipinski definition) is 0. The maximum Gasteiger partial charge on any atom is 0.0481 e. The maximum absolute atomic E-state index is 2.76. The molecule has 0 aromatic carbocycles. The van der Waals surface area contributed by atoms with Gasteiger partial charge in [0.1, 0.15) is 0 Å². The van der Waals surface area contributed by atoms with Crippen molar-refractivity contribution in [3.63, 3.8) is 0 Å².